The molecule has 5 atom stereocenters. The molecule has 0 fully saturated rings. The molecular formula is C9H15FN5O13P3S2. The normalized spacial score (nSPS) is 19.4. The van der Waals surface area contributed by atoms with E-state index < -0.39 is 63.5 Å². The number of aromatic amines is 1. The Morgan fingerprint density at radius 1 is 1.24 bits per heavy atom. The number of hydrogen-bond donors (Lipinski definition) is 7. The number of aliphatic hydroxyl groups is 2. The Morgan fingerprint density at radius 2 is 1.82 bits per heavy atom. The van der Waals surface area contributed by atoms with Crippen molar-refractivity contribution in [3.05, 3.63) is 31.9 Å². The second-order valence-corrected chi connectivity index (χ2v) is 10.9. The Hall–Kier alpha value is -0.950. The number of hydrogen-bond acceptors (Lipinski definition) is 12. The summed E-state index contributed by atoms with van der Waals surface area (Å²) in [6.07, 6.45) is -3.74. The zero-order chi connectivity index (χ0) is 25.8. The van der Waals surface area contributed by atoms with Gasteiger partial charge in [-0.3, -0.25) is 9.09 Å². The van der Waals surface area contributed by atoms with Gasteiger partial charge in [0.15, 0.2) is 10.6 Å². The second kappa shape index (κ2) is 11.2. The number of nitrogens with zero attached hydrogens (tertiary/aromatic N) is 4. The molecule has 0 radical (unpaired) electrons. The molecular weight excluding hydrogens is 562 g/mol. The summed E-state index contributed by atoms with van der Waals surface area (Å²) in [5.41, 5.74) is 5.99. The summed E-state index contributed by atoms with van der Waals surface area (Å²) >= 11 is 9.42. The Labute approximate surface area is 192 Å². The zero-order valence-electron chi connectivity index (χ0n) is 15.8. The number of rotatable bonds is 12. The van der Waals surface area contributed by atoms with Crippen molar-refractivity contribution >= 4 is 47.9 Å². The molecule has 0 saturated heterocycles. The van der Waals surface area contributed by atoms with Crippen LogP contribution >= 0.6 is 47.9 Å². The van der Waals surface area contributed by atoms with Crippen molar-refractivity contribution in [2.24, 2.45) is 5.11 Å². The first-order chi connectivity index (χ1) is 14.8. The van der Waals surface area contributed by atoms with Gasteiger partial charge in [0.2, 0.25) is 12.1 Å². The summed E-state index contributed by atoms with van der Waals surface area (Å²) in [7, 11) is -17.3. The van der Waals surface area contributed by atoms with Crippen LogP contribution in [0.1, 0.15) is 13.3 Å². The fraction of sp³-hybridized carbons (Fsp3) is 0.556. The molecule has 18 nitrogen and oxygen atoms in total. The van der Waals surface area contributed by atoms with Crippen molar-refractivity contribution in [3.63, 3.8) is 0 Å². The van der Waals surface area contributed by atoms with Crippen LogP contribution in [0.15, 0.2) is 11.3 Å². The first-order valence-electron chi connectivity index (χ1n) is 7.72. The maximum Gasteiger partial charge on any atom is 0.490 e. The molecule has 7 N–H and O–H groups in total. The predicted octanol–water partition coefficient (Wildman–Crippen LogP) is 1.61. The Bertz CT molecular complexity index is 1180. The number of aliphatic hydroxyl groups excluding tert-OH is 2. The zero-order valence-corrected chi connectivity index (χ0v) is 20.1. The van der Waals surface area contributed by atoms with Gasteiger partial charge in [0.05, 0.1) is 18.9 Å². The van der Waals surface area contributed by atoms with Gasteiger partial charge in [-0.1, -0.05) is 17.3 Å². The lowest BCUT2D eigenvalue weighted by molar-refractivity contribution is -0.259. The molecule has 1 aromatic heterocycles. The smallest absolute Gasteiger partial charge is 0.390 e. The minimum atomic E-state index is -5.88. The highest BCUT2D eigenvalue weighted by atomic mass is 32.1. The second-order valence-electron chi connectivity index (χ2n) is 5.66. The van der Waals surface area contributed by atoms with Crippen LogP contribution in [-0.2, 0) is 31.6 Å². The average molecular weight is 577 g/mol. The lowest BCUT2D eigenvalue weighted by Crippen LogP contribution is -2.47. The number of nitrogens with one attached hydrogen (secondary N) is 1. The van der Waals surface area contributed by atoms with Gasteiger partial charge in [0.1, 0.15) is 4.64 Å². The molecule has 0 bridgehead atoms. The van der Waals surface area contributed by atoms with Crippen LogP contribution in [0.5, 0.6) is 0 Å². The molecule has 188 valence electrons. The predicted molar refractivity (Wildman–Crippen MR) is 106 cm³/mol. The van der Waals surface area contributed by atoms with Crippen molar-refractivity contribution in [2.75, 3.05) is 6.61 Å². The van der Waals surface area contributed by atoms with Gasteiger partial charge in [0.25, 0.3) is 0 Å². The SMILES string of the molecule is C[C@@H](O)[C@](COP(=O)(O)OP(=O)(O)OP(=O)(O)O)(N=[N+]=[N-])O[C@H](O)n1cc(F)c(=S)[nH]c1=S. The van der Waals surface area contributed by atoms with E-state index in [1.54, 1.807) is 0 Å². The molecule has 0 spiro atoms. The topological polar surface area (TPSA) is 279 Å². The molecule has 1 aromatic rings. The summed E-state index contributed by atoms with van der Waals surface area (Å²) in [6, 6.07) is 0. The molecule has 0 saturated carbocycles. The Morgan fingerprint density at radius 3 is 2.30 bits per heavy atom. The standard InChI is InChI=1S/C9H15FN5O13P3S2/c1-4(16)9(13-14-11,26-8(17)15-2-5(10)6(32)12-7(15)33)3-25-30(21,22)28-31(23,24)27-29(18,19)20/h2,4,8,16-17H,3H2,1H3,(H,21,22)(H,23,24)(H,12,32,33)(H2,18,19,20)/t4-,8+,9-/m1/s1. The van der Waals surface area contributed by atoms with Gasteiger partial charge in [0, 0.05) is 4.91 Å². The first-order valence-corrected chi connectivity index (χ1v) is 13.1. The van der Waals surface area contributed by atoms with Crippen LogP contribution in [0.25, 0.3) is 10.4 Å². The van der Waals surface area contributed by atoms with Gasteiger partial charge in [-0.2, -0.15) is 8.62 Å². The third-order valence-corrected chi connectivity index (χ3v) is 7.58. The molecule has 2 unspecified atom stereocenters. The highest BCUT2D eigenvalue weighted by molar-refractivity contribution is 7.72. The molecule has 0 aliphatic carbocycles. The molecule has 1 rings (SSSR count). The van der Waals surface area contributed by atoms with E-state index in [4.69, 9.17) is 37.2 Å². The summed E-state index contributed by atoms with van der Waals surface area (Å²) in [4.78, 5) is 40.2. The number of ether oxygens (including phenoxy) is 1. The van der Waals surface area contributed by atoms with E-state index in [1.807, 2.05) is 0 Å². The molecule has 24 heteroatoms. The summed E-state index contributed by atoms with van der Waals surface area (Å²) in [5.74, 6) is -1.08. The van der Waals surface area contributed by atoms with Crippen molar-refractivity contribution in [3.8, 4) is 0 Å². The molecule has 0 aromatic carbocycles. The Kier molecular flexibility index (Phi) is 10.2. The minimum absolute atomic E-state index is 0.415. The fourth-order valence-corrected chi connectivity index (χ4v) is 5.31. The molecule has 0 aliphatic rings. The average Bonchev–Trinajstić information content (AvgIpc) is 2.59. The van der Waals surface area contributed by atoms with Crippen LogP contribution in [0.2, 0.25) is 0 Å². The number of phosphoric acid groups is 3. The summed E-state index contributed by atoms with van der Waals surface area (Å²) in [5, 5.41) is 23.2. The number of azide groups is 1. The summed E-state index contributed by atoms with van der Waals surface area (Å²) in [6.45, 7) is -0.603. The van der Waals surface area contributed by atoms with E-state index in [1.165, 1.54) is 0 Å². The van der Waals surface area contributed by atoms with Gasteiger partial charge in [-0.15, -0.1) is 0 Å². The molecule has 33 heavy (non-hydrogen) atoms. The number of halogens is 1. The van der Waals surface area contributed by atoms with E-state index in [-0.39, 0.29) is 0 Å². The molecule has 0 amide bonds. The monoisotopic (exact) mass is 577 g/mol. The van der Waals surface area contributed by atoms with E-state index >= 15 is 0 Å². The van der Waals surface area contributed by atoms with Gasteiger partial charge in [-0.05, 0) is 24.7 Å². The van der Waals surface area contributed by atoms with Gasteiger partial charge < -0.3 is 39.5 Å². The van der Waals surface area contributed by atoms with Crippen molar-refractivity contribution < 1.29 is 65.8 Å². The third-order valence-electron chi connectivity index (χ3n) is 3.19. The minimum Gasteiger partial charge on any atom is -0.390 e. The quantitative estimate of drug-likeness (QED) is 0.0464. The fourth-order valence-electron chi connectivity index (χ4n) is 1.81. The maximum absolute atomic E-state index is 13.7. The van der Waals surface area contributed by atoms with Crippen molar-refractivity contribution in [1.82, 2.24) is 9.55 Å². The van der Waals surface area contributed by atoms with Crippen molar-refractivity contribution in [1.29, 1.82) is 0 Å². The van der Waals surface area contributed by atoms with Crippen molar-refractivity contribution in [2.45, 2.75) is 25.2 Å². The lowest BCUT2D eigenvalue weighted by Gasteiger charge is -2.34. The number of H-pyrrole nitrogens is 1. The van der Waals surface area contributed by atoms with E-state index in [2.05, 4.69) is 40.4 Å². The largest absolute Gasteiger partial charge is 0.490 e. The van der Waals surface area contributed by atoms with Crippen LogP contribution in [0, 0.1) is 15.2 Å². The lowest BCUT2D eigenvalue weighted by atomic mass is 10.1. The third kappa shape index (κ3) is 9.31. The number of aromatic nitrogens is 2. The molecule has 1 heterocycles. The Balaban J connectivity index is 3.22. The van der Waals surface area contributed by atoms with Gasteiger partial charge >= 0.3 is 23.5 Å². The number of phosphoric ester groups is 1. The maximum atomic E-state index is 13.7. The van der Waals surface area contributed by atoms with Crippen LogP contribution in [0.3, 0.4) is 0 Å². The first kappa shape index (κ1) is 30.1. The van der Waals surface area contributed by atoms with Crippen LogP contribution in [0.4, 0.5) is 4.39 Å². The van der Waals surface area contributed by atoms with E-state index in [0.29, 0.717) is 10.8 Å². The molecule has 0 aliphatic heterocycles. The van der Waals surface area contributed by atoms with Crippen LogP contribution < -0.4 is 0 Å². The summed E-state index contributed by atoms with van der Waals surface area (Å²) < 4.78 is 63.6. The highest BCUT2D eigenvalue weighted by Gasteiger charge is 2.45. The highest BCUT2D eigenvalue weighted by Crippen LogP contribution is 2.66. The van der Waals surface area contributed by atoms with E-state index in [9.17, 15) is 33.2 Å². The van der Waals surface area contributed by atoms with Gasteiger partial charge in [-0.25, -0.2) is 18.1 Å². The van der Waals surface area contributed by atoms with Crippen LogP contribution in [-0.4, -0.2) is 57.8 Å². The van der Waals surface area contributed by atoms with E-state index in [0.717, 1.165) is 6.92 Å².